The summed E-state index contributed by atoms with van der Waals surface area (Å²) in [6.07, 6.45) is 8.17. The van der Waals surface area contributed by atoms with Gasteiger partial charge in [-0.05, 0) is 37.9 Å². The van der Waals surface area contributed by atoms with E-state index in [0.29, 0.717) is 6.04 Å². The van der Waals surface area contributed by atoms with Crippen LogP contribution < -0.4 is 10.2 Å². The molecule has 1 aliphatic rings. The highest BCUT2D eigenvalue weighted by molar-refractivity contribution is 5.42. The summed E-state index contributed by atoms with van der Waals surface area (Å²) in [5.41, 5.74) is 2.47. The molecule has 0 atom stereocenters. The average molecular weight is 275 g/mol. The van der Waals surface area contributed by atoms with Gasteiger partial charge >= 0.3 is 0 Å². The van der Waals surface area contributed by atoms with E-state index in [1.54, 1.807) is 0 Å². The van der Waals surface area contributed by atoms with Gasteiger partial charge < -0.3 is 10.2 Å². The quantitative estimate of drug-likeness (QED) is 0.831. The van der Waals surface area contributed by atoms with Crippen LogP contribution in [0.2, 0.25) is 0 Å². The minimum atomic E-state index is 0.670. The van der Waals surface area contributed by atoms with E-state index in [4.69, 9.17) is 4.98 Å². The Labute approximate surface area is 123 Å². The summed E-state index contributed by atoms with van der Waals surface area (Å²) in [5.74, 6) is 1.13. The molecule has 3 nitrogen and oxygen atoms in total. The second-order valence-electron chi connectivity index (χ2n) is 5.95. The summed E-state index contributed by atoms with van der Waals surface area (Å²) in [4.78, 5) is 7.22. The van der Waals surface area contributed by atoms with Crippen LogP contribution in [-0.4, -0.2) is 24.6 Å². The van der Waals surface area contributed by atoms with E-state index < -0.39 is 0 Å². The molecule has 1 aliphatic carbocycles. The topological polar surface area (TPSA) is 28.2 Å². The van der Waals surface area contributed by atoms with Gasteiger partial charge in [-0.1, -0.05) is 38.7 Å². The molecule has 2 rings (SSSR count). The monoisotopic (exact) mass is 275 g/mol. The number of nitrogens with zero attached hydrogens (tertiary/aromatic N) is 2. The Morgan fingerprint density at radius 1 is 1.20 bits per heavy atom. The molecular formula is C17H29N3. The second kappa shape index (κ2) is 7.63. The van der Waals surface area contributed by atoms with E-state index in [1.165, 1.54) is 44.1 Å². The highest BCUT2D eigenvalue weighted by atomic mass is 15.2. The normalized spacial score (nSPS) is 16.9. The van der Waals surface area contributed by atoms with E-state index in [2.05, 4.69) is 43.2 Å². The zero-order chi connectivity index (χ0) is 14.4. The molecule has 0 saturated heterocycles. The standard InChI is InChI=1S/C17H29N3/c1-4-18-13-15-11-12-17(19-14(15)2)20(3)16-9-7-5-6-8-10-16/h11-12,16,18H,4-10,13H2,1-3H3. The van der Waals surface area contributed by atoms with Crippen LogP contribution in [0.1, 0.15) is 56.7 Å². The Kier molecular flexibility index (Phi) is 5.84. The SMILES string of the molecule is CCNCc1ccc(N(C)C2CCCCCC2)nc1C. The van der Waals surface area contributed by atoms with Crippen LogP contribution in [0, 0.1) is 6.92 Å². The summed E-state index contributed by atoms with van der Waals surface area (Å²) < 4.78 is 0. The maximum atomic E-state index is 4.82. The molecule has 1 aromatic rings. The summed E-state index contributed by atoms with van der Waals surface area (Å²) in [7, 11) is 2.21. The molecule has 0 unspecified atom stereocenters. The fraction of sp³-hybridized carbons (Fsp3) is 0.706. The zero-order valence-electron chi connectivity index (χ0n) is 13.3. The smallest absolute Gasteiger partial charge is 0.128 e. The van der Waals surface area contributed by atoms with Gasteiger partial charge in [-0.2, -0.15) is 0 Å². The van der Waals surface area contributed by atoms with E-state index in [1.807, 2.05) is 0 Å². The number of aryl methyl sites for hydroxylation is 1. The van der Waals surface area contributed by atoms with Gasteiger partial charge in [0.1, 0.15) is 5.82 Å². The fourth-order valence-electron chi connectivity index (χ4n) is 3.05. The predicted octanol–water partition coefficient (Wildman–Crippen LogP) is 3.66. The summed E-state index contributed by atoms with van der Waals surface area (Å²) >= 11 is 0. The Morgan fingerprint density at radius 3 is 2.50 bits per heavy atom. The van der Waals surface area contributed by atoms with E-state index in [-0.39, 0.29) is 0 Å². The highest BCUT2D eigenvalue weighted by Gasteiger charge is 2.18. The molecule has 0 spiro atoms. The lowest BCUT2D eigenvalue weighted by Gasteiger charge is -2.28. The number of rotatable bonds is 5. The van der Waals surface area contributed by atoms with Crippen LogP contribution in [0.15, 0.2) is 12.1 Å². The molecule has 0 radical (unpaired) electrons. The van der Waals surface area contributed by atoms with Crippen molar-refractivity contribution in [2.45, 2.75) is 65.0 Å². The van der Waals surface area contributed by atoms with Gasteiger partial charge in [0.15, 0.2) is 0 Å². The molecule has 1 saturated carbocycles. The largest absolute Gasteiger partial charge is 0.357 e. The first-order valence-electron chi connectivity index (χ1n) is 8.12. The molecule has 0 bridgehead atoms. The third kappa shape index (κ3) is 3.95. The maximum absolute atomic E-state index is 4.82. The number of anilines is 1. The first-order chi connectivity index (χ1) is 9.72. The van der Waals surface area contributed by atoms with Gasteiger partial charge in [-0.15, -0.1) is 0 Å². The molecule has 20 heavy (non-hydrogen) atoms. The maximum Gasteiger partial charge on any atom is 0.128 e. The van der Waals surface area contributed by atoms with E-state index in [9.17, 15) is 0 Å². The molecular weight excluding hydrogens is 246 g/mol. The molecule has 1 aromatic heterocycles. The Bertz CT molecular complexity index is 409. The summed E-state index contributed by atoms with van der Waals surface area (Å²) in [6.45, 7) is 6.18. The van der Waals surface area contributed by atoms with Crippen molar-refractivity contribution in [2.75, 3.05) is 18.5 Å². The lowest BCUT2D eigenvalue weighted by atomic mass is 10.1. The molecule has 112 valence electrons. The first kappa shape index (κ1) is 15.3. The minimum Gasteiger partial charge on any atom is -0.357 e. The second-order valence-corrected chi connectivity index (χ2v) is 5.95. The molecule has 0 amide bonds. The van der Waals surface area contributed by atoms with Crippen LogP contribution in [0.4, 0.5) is 5.82 Å². The van der Waals surface area contributed by atoms with Crippen molar-refractivity contribution in [3.8, 4) is 0 Å². The van der Waals surface area contributed by atoms with Crippen LogP contribution in [0.3, 0.4) is 0 Å². The van der Waals surface area contributed by atoms with Crippen molar-refractivity contribution in [3.05, 3.63) is 23.4 Å². The number of hydrogen-bond donors (Lipinski definition) is 1. The minimum absolute atomic E-state index is 0.670. The van der Waals surface area contributed by atoms with Crippen molar-refractivity contribution in [3.63, 3.8) is 0 Å². The fourth-order valence-corrected chi connectivity index (χ4v) is 3.05. The lowest BCUT2D eigenvalue weighted by Crippen LogP contribution is -2.32. The summed E-state index contributed by atoms with van der Waals surface area (Å²) in [5, 5.41) is 3.37. The first-order valence-corrected chi connectivity index (χ1v) is 8.12. The van der Waals surface area contributed by atoms with Crippen LogP contribution in [0.25, 0.3) is 0 Å². The molecule has 1 N–H and O–H groups in total. The molecule has 0 aromatic carbocycles. The van der Waals surface area contributed by atoms with Gasteiger partial charge in [0.2, 0.25) is 0 Å². The zero-order valence-corrected chi connectivity index (χ0v) is 13.3. The third-order valence-corrected chi connectivity index (χ3v) is 4.48. The number of hydrogen-bond acceptors (Lipinski definition) is 3. The molecule has 1 heterocycles. The molecule has 3 heteroatoms. The molecule has 1 fully saturated rings. The van der Waals surface area contributed by atoms with Gasteiger partial charge in [-0.25, -0.2) is 4.98 Å². The number of nitrogens with one attached hydrogen (secondary N) is 1. The number of pyridine rings is 1. The summed E-state index contributed by atoms with van der Waals surface area (Å²) in [6, 6.07) is 5.09. The molecule has 0 aliphatic heterocycles. The van der Waals surface area contributed by atoms with Crippen molar-refractivity contribution < 1.29 is 0 Å². The highest BCUT2D eigenvalue weighted by Crippen LogP contribution is 2.25. The van der Waals surface area contributed by atoms with Crippen molar-refractivity contribution in [2.24, 2.45) is 0 Å². The van der Waals surface area contributed by atoms with E-state index >= 15 is 0 Å². The Balaban J connectivity index is 2.05. The number of aromatic nitrogens is 1. The van der Waals surface area contributed by atoms with Crippen molar-refractivity contribution >= 4 is 5.82 Å². The average Bonchev–Trinajstić information content (AvgIpc) is 2.74. The van der Waals surface area contributed by atoms with Crippen molar-refractivity contribution in [1.82, 2.24) is 10.3 Å². The van der Waals surface area contributed by atoms with Gasteiger partial charge in [0.25, 0.3) is 0 Å². The van der Waals surface area contributed by atoms with Crippen LogP contribution in [-0.2, 0) is 6.54 Å². The van der Waals surface area contributed by atoms with Gasteiger partial charge in [0.05, 0.1) is 0 Å². The lowest BCUT2D eigenvalue weighted by molar-refractivity contribution is 0.548. The van der Waals surface area contributed by atoms with Gasteiger partial charge in [-0.3, -0.25) is 0 Å². The predicted molar refractivity (Wildman–Crippen MR) is 86.2 cm³/mol. The Morgan fingerprint density at radius 2 is 1.90 bits per heavy atom. The Hall–Kier alpha value is -1.09. The van der Waals surface area contributed by atoms with Crippen LogP contribution in [0.5, 0.6) is 0 Å². The van der Waals surface area contributed by atoms with Crippen LogP contribution >= 0.6 is 0 Å². The van der Waals surface area contributed by atoms with E-state index in [0.717, 1.165) is 24.6 Å². The third-order valence-electron chi connectivity index (χ3n) is 4.48. The van der Waals surface area contributed by atoms with Crippen molar-refractivity contribution in [1.29, 1.82) is 0 Å². The van der Waals surface area contributed by atoms with Gasteiger partial charge in [0, 0.05) is 25.3 Å².